The molecule has 130 valence electrons. The maximum atomic E-state index is 12.5. The summed E-state index contributed by atoms with van der Waals surface area (Å²) in [6, 6.07) is 10.0. The quantitative estimate of drug-likeness (QED) is 0.707. The van der Waals surface area contributed by atoms with Gasteiger partial charge in [-0.05, 0) is 24.3 Å². The molecule has 3 aromatic rings. The van der Waals surface area contributed by atoms with Crippen LogP contribution >= 0.6 is 0 Å². The second-order valence-electron chi connectivity index (χ2n) is 5.22. The summed E-state index contributed by atoms with van der Waals surface area (Å²) in [5.41, 5.74) is 0.768. The fraction of sp³-hybridized carbons (Fsp3) is 0.211. The third-order valence-corrected chi connectivity index (χ3v) is 3.91. The van der Waals surface area contributed by atoms with Crippen molar-refractivity contribution in [1.29, 1.82) is 0 Å². The van der Waals surface area contributed by atoms with Gasteiger partial charge in [0.2, 0.25) is 5.75 Å². The molecule has 0 saturated heterocycles. The number of benzene rings is 2. The maximum absolute atomic E-state index is 12.5. The molecule has 0 atom stereocenters. The predicted molar refractivity (Wildman–Crippen MR) is 94.1 cm³/mol. The molecule has 6 nitrogen and oxygen atoms in total. The van der Waals surface area contributed by atoms with Gasteiger partial charge in [0.1, 0.15) is 17.3 Å². The normalized spacial score (nSPS) is 10.6. The van der Waals surface area contributed by atoms with Crippen LogP contribution in [0.25, 0.3) is 22.3 Å². The lowest BCUT2D eigenvalue weighted by atomic mass is 10.1. The van der Waals surface area contributed by atoms with Crippen molar-refractivity contribution in [3.05, 3.63) is 46.6 Å². The Labute approximate surface area is 144 Å². The Bertz CT molecular complexity index is 974. The summed E-state index contributed by atoms with van der Waals surface area (Å²) in [6.07, 6.45) is 0. The van der Waals surface area contributed by atoms with Crippen LogP contribution in [0.3, 0.4) is 0 Å². The molecule has 3 rings (SSSR count). The van der Waals surface area contributed by atoms with Crippen molar-refractivity contribution in [3.8, 4) is 34.3 Å². The van der Waals surface area contributed by atoms with Crippen LogP contribution in [0.2, 0.25) is 0 Å². The Hall–Kier alpha value is -3.15. The molecule has 0 aliphatic rings. The molecule has 0 amide bonds. The van der Waals surface area contributed by atoms with Crippen LogP contribution in [0.4, 0.5) is 0 Å². The Balaban J connectivity index is 2.30. The van der Waals surface area contributed by atoms with Gasteiger partial charge in [-0.2, -0.15) is 0 Å². The first-order chi connectivity index (χ1) is 12.1. The van der Waals surface area contributed by atoms with E-state index in [0.29, 0.717) is 45.3 Å². The van der Waals surface area contributed by atoms with Gasteiger partial charge in [0.05, 0.1) is 39.4 Å². The van der Waals surface area contributed by atoms with Crippen LogP contribution in [0.15, 0.2) is 45.6 Å². The first kappa shape index (κ1) is 16.7. The molecule has 1 aromatic heterocycles. The summed E-state index contributed by atoms with van der Waals surface area (Å²) in [6.45, 7) is 0. The third kappa shape index (κ3) is 2.87. The average molecular weight is 342 g/mol. The summed E-state index contributed by atoms with van der Waals surface area (Å²) in [4.78, 5) is 12.5. The second kappa shape index (κ2) is 6.76. The molecule has 0 aliphatic heterocycles. The zero-order valence-electron chi connectivity index (χ0n) is 14.4. The molecule has 2 aromatic carbocycles. The zero-order valence-corrected chi connectivity index (χ0v) is 14.4. The fourth-order valence-electron chi connectivity index (χ4n) is 2.67. The average Bonchev–Trinajstić information content (AvgIpc) is 2.66. The molecule has 0 aliphatic carbocycles. The summed E-state index contributed by atoms with van der Waals surface area (Å²) in [7, 11) is 6.14. The molecule has 0 saturated carbocycles. The predicted octanol–water partition coefficient (Wildman–Crippen LogP) is 3.49. The first-order valence-electron chi connectivity index (χ1n) is 7.54. The Morgan fingerprint density at radius 1 is 0.800 bits per heavy atom. The van der Waals surface area contributed by atoms with Crippen LogP contribution < -0.4 is 24.4 Å². The molecule has 0 radical (unpaired) electrons. The molecule has 25 heavy (non-hydrogen) atoms. The van der Waals surface area contributed by atoms with Crippen molar-refractivity contribution in [2.24, 2.45) is 0 Å². The number of hydrogen-bond donors (Lipinski definition) is 0. The molecule has 6 heteroatoms. The van der Waals surface area contributed by atoms with E-state index < -0.39 is 0 Å². The topological polar surface area (TPSA) is 67.1 Å². The highest BCUT2D eigenvalue weighted by Gasteiger charge is 2.17. The minimum atomic E-state index is -0.185. The molecule has 1 heterocycles. The van der Waals surface area contributed by atoms with Crippen molar-refractivity contribution >= 4 is 11.0 Å². The molecule has 0 spiro atoms. The molecule has 0 unspecified atom stereocenters. The summed E-state index contributed by atoms with van der Waals surface area (Å²) >= 11 is 0. The smallest absolute Gasteiger partial charge is 0.204 e. The highest BCUT2D eigenvalue weighted by atomic mass is 16.5. The highest BCUT2D eigenvalue weighted by Crippen LogP contribution is 2.38. The number of fused-ring (bicyclic) bond motifs is 1. The van der Waals surface area contributed by atoms with Gasteiger partial charge >= 0.3 is 0 Å². The Morgan fingerprint density at radius 2 is 1.56 bits per heavy atom. The van der Waals surface area contributed by atoms with E-state index in [1.54, 1.807) is 44.6 Å². The van der Waals surface area contributed by atoms with Crippen molar-refractivity contribution in [3.63, 3.8) is 0 Å². The fourth-order valence-corrected chi connectivity index (χ4v) is 2.67. The number of hydrogen-bond acceptors (Lipinski definition) is 6. The van der Waals surface area contributed by atoms with E-state index in [0.717, 1.165) is 0 Å². The van der Waals surface area contributed by atoms with Crippen molar-refractivity contribution < 1.29 is 23.4 Å². The van der Waals surface area contributed by atoms with Gasteiger partial charge in [-0.25, -0.2) is 0 Å². The van der Waals surface area contributed by atoms with Crippen molar-refractivity contribution in [2.75, 3.05) is 28.4 Å². The third-order valence-electron chi connectivity index (χ3n) is 3.91. The standard InChI is InChI=1S/C19H18O6/c1-21-11-5-6-13(16(9-11)23-3)17-10-14(20)12-7-8-15(22-2)19(24-4)18(12)25-17/h5-10H,1-4H3. The van der Waals surface area contributed by atoms with E-state index in [1.807, 2.05) is 0 Å². The Morgan fingerprint density at radius 3 is 2.20 bits per heavy atom. The molecule has 0 bridgehead atoms. The van der Waals surface area contributed by atoms with Crippen molar-refractivity contribution in [2.45, 2.75) is 0 Å². The van der Waals surface area contributed by atoms with Crippen LogP contribution in [0.5, 0.6) is 23.0 Å². The van der Waals surface area contributed by atoms with Gasteiger partial charge in [0.25, 0.3) is 0 Å². The van der Waals surface area contributed by atoms with Gasteiger partial charge in [0, 0.05) is 12.1 Å². The molecule has 0 N–H and O–H groups in total. The van der Waals surface area contributed by atoms with Crippen LogP contribution in [0.1, 0.15) is 0 Å². The lowest BCUT2D eigenvalue weighted by Crippen LogP contribution is -2.03. The van der Waals surface area contributed by atoms with E-state index >= 15 is 0 Å². The second-order valence-corrected chi connectivity index (χ2v) is 5.22. The van der Waals surface area contributed by atoms with Gasteiger partial charge in [-0.1, -0.05) is 0 Å². The number of rotatable bonds is 5. The largest absolute Gasteiger partial charge is 0.497 e. The van der Waals surface area contributed by atoms with Crippen LogP contribution in [0, 0.1) is 0 Å². The summed E-state index contributed by atoms with van der Waals surface area (Å²) in [5.74, 6) is 2.39. The van der Waals surface area contributed by atoms with Crippen LogP contribution in [-0.4, -0.2) is 28.4 Å². The lowest BCUT2D eigenvalue weighted by Gasteiger charge is -2.12. The molecule has 0 fully saturated rings. The number of ether oxygens (including phenoxy) is 4. The highest BCUT2D eigenvalue weighted by molar-refractivity contribution is 5.87. The SMILES string of the molecule is COc1ccc(-c2cc(=O)c3ccc(OC)c(OC)c3o2)c(OC)c1. The Kier molecular flexibility index (Phi) is 4.52. The van der Waals surface area contributed by atoms with Crippen molar-refractivity contribution in [1.82, 2.24) is 0 Å². The zero-order chi connectivity index (χ0) is 18.0. The minimum absolute atomic E-state index is 0.185. The number of methoxy groups -OCH3 is 4. The van der Waals surface area contributed by atoms with Gasteiger partial charge < -0.3 is 23.4 Å². The van der Waals surface area contributed by atoms with Gasteiger partial charge in [-0.15, -0.1) is 0 Å². The van der Waals surface area contributed by atoms with Gasteiger partial charge in [0.15, 0.2) is 16.8 Å². The van der Waals surface area contributed by atoms with E-state index in [9.17, 15) is 4.79 Å². The summed E-state index contributed by atoms with van der Waals surface area (Å²) < 4.78 is 27.2. The molecular formula is C19H18O6. The monoisotopic (exact) mass is 342 g/mol. The van der Waals surface area contributed by atoms with E-state index in [2.05, 4.69) is 0 Å². The van der Waals surface area contributed by atoms with E-state index in [4.69, 9.17) is 23.4 Å². The van der Waals surface area contributed by atoms with Crippen LogP contribution in [-0.2, 0) is 0 Å². The lowest BCUT2D eigenvalue weighted by molar-refractivity contribution is 0.353. The van der Waals surface area contributed by atoms with Gasteiger partial charge in [-0.3, -0.25) is 4.79 Å². The maximum Gasteiger partial charge on any atom is 0.204 e. The van der Waals surface area contributed by atoms with E-state index in [-0.39, 0.29) is 5.43 Å². The molecular weight excluding hydrogens is 324 g/mol. The first-order valence-corrected chi connectivity index (χ1v) is 7.54. The minimum Gasteiger partial charge on any atom is -0.497 e. The summed E-state index contributed by atoms with van der Waals surface area (Å²) in [5, 5.41) is 0.411. The van der Waals surface area contributed by atoms with E-state index in [1.165, 1.54) is 20.3 Å².